The number of para-hydroxylation sites is 1. The summed E-state index contributed by atoms with van der Waals surface area (Å²) in [6.45, 7) is 3.91. The molecule has 0 aliphatic rings. The first-order chi connectivity index (χ1) is 10.2. The Hall–Kier alpha value is -2.15. The van der Waals surface area contributed by atoms with Crippen molar-refractivity contribution in [2.24, 2.45) is 0 Å². The molecule has 0 unspecified atom stereocenters. The molecule has 1 N–H and O–H groups in total. The number of fused-ring (bicyclic) bond motifs is 3. The van der Waals surface area contributed by atoms with Gasteiger partial charge in [-0.05, 0) is 19.9 Å². The molecular weight excluding hydrogens is 288 g/mol. The van der Waals surface area contributed by atoms with Crippen molar-refractivity contribution in [2.45, 2.75) is 24.3 Å². The van der Waals surface area contributed by atoms with E-state index in [0.717, 1.165) is 16.4 Å². The minimum absolute atomic E-state index is 0.275. The van der Waals surface area contributed by atoms with Crippen molar-refractivity contribution >= 4 is 39.8 Å². The van der Waals surface area contributed by atoms with Crippen LogP contribution in [0.1, 0.15) is 13.8 Å². The van der Waals surface area contributed by atoms with Crippen molar-refractivity contribution < 1.29 is 9.53 Å². The van der Waals surface area contributed by atoms with E-state index in [-0.39, 0.29) is 11.2 Å². The molecule has 0 saturated heterocycles. The Balaban J connectivity index is 1.91. The van der Waals surface area contributed by atoms with Gasteiger partial charge in [-0.3, -0.25) is 4.79 Å². The van der Waals surface area contributed by atoms with Crippen LogP contribution in [0.15, 0.2) is 29.4 Å². The number of thioether (sulfide) groups is 1. The number of ether oxygens (including phenoxy) is 1. The van der Waals surface area contributed by atoms with Crippen LogP contribution in [-0.2, 0) is 9.53 Å². The number of nitrogens with zero attached hydrogens (tertiary/aromatic N) is 3. The largest absolute Gasteiger partial charge is 0.465 e. The van der Waals surface area contributed by atoms with Crippen LogP contribution in [0.3, 0.4) is 0 Å². The van der Waals surface area contributed by atoms with Crippen molar-refractivity contribution in [1.29, 1.82) is 0 Å². The van der Waals surface area contributed by atoms with Crippen molar-refractivity contribution in [1.82, 2.24) is 20.2 Å². The summed E-state index contributed by atoms with van der Waals surface area (Å²) in [5, 5.41) is 9.37. The Morgan fingerprint density at radius 2 is 2.19 bits per heavy atom. The Kier molecular flexibility index (Phi) is 3.74. The zero-order valence-electron chi connectivity index (χ0n) is 11.7. The Morgan fingerprint density at radius 3 is 3.00 bits per heavy atom. The first-order valence-corrected chi connectivity index (χ1v) is 7.51. The normalized spacial score (nSPS) is 12.7. The van der Waals surface area contributed by atoms with E-state index in [9.17, 15) is 4.79 Å². The lowest BCUT2D eigenvalue weighted by Crippen LogP contribution is -2.17. The fourth-order valence-electron chi connectivity index (χ4n) is 2.02. The second kappa shape index (κ2) is 5.69. The van der Waals surface area contributed by atoms with E-state index in [1.54, 1.807) is 13.8 Å². The summed E-state index contributed by atoms with van der Waals surface area (Å²) in [6, 6.07) is 7.83. The number of hydrogen-bond acceptors (Lipinski definition) is 6. The summed E-state index contributed by atoms with van der Waals surface area (Å²) in [5.74, 6) is -0.275. The van der Waals surface area contributed by atoms with Gasteiger partial charge in [-0.2, -0.15) is 0 Å². The summed E-state index contributed by atoms with van der Waals surface area (Å²) in [6.07, 6.45) is 0. The van der Waals surface area contributed by atoms with E-state index in [4.69, 9.17) is 4.74 Å². The molecule has 21 heavy (non-hydrogen) atoms. The molecule has 1 atom stereocenters. The average molecular weight is 302 g/mol. The predicted octanol–water partition coefficient (Wildman–Crippen LogP) is 2.55. The molecule has 0 aliphatic carbocycles. The van der Waals surface area contributed by atoms with Gasteiger partial charge >= 0.3 is 5.97 Å². The third-order valence-corrected chi connectivity index (χ3v) is 3.93. The highest BCUT2D eigenvalue weighted by molar-refractivity contribution is 8.00. The standard InChI is InChI=1S/C14H14N4O2S/c1-3-20-13(19)8(2)21-14-16-12-11(17-18-14)9-6-4-5-7-10(9)15-12/h4-8H,3H2,1-2H3,(H,15,16,18)/t8-/m1/s1. The third-order valence-electron chi connectivity index (χ3n) is 3.00. The first kappa shape index (κ1) is 13.8. The van der Waals surface area contributed by atoms with Crippen LogP contribution in [0.5, 0.6) is 0 Å². The maximum absolute atomic E-state index is 11.6. The lowest BCUT2D eigenvalue weighted by molar-refractivity contribution is -0.142. The predicted molar refractivity (Wildman–Crippen MR) is 81.1 cm³/mol. The molecule has 0 fully saturated rings. The van der Waals surface area contributed by atoms with Crippen LogP contribution in [-0.4, -0.2) is 38.0 Å². The number of esters is 1. The van der Waals surface area contributed by atoms with Gasteiger partial charge in [0.05, 0.1) is 6.61 Å². The molecule has 0 amide bonds. The van der Waals surface area contributed by atoms with Gasteiger partial charge in [0, 0.05) is 10.9 Å². The van der Waals surface area contributed by atoms with Crippen LogP contribution >= 0.6 is 11.8 Å². The number of hydrogen-bond donors (Lipinski definition) is 1. The third kappa shape index (κ3) is 2.69. The van der Waals surface area contributed by atoms with E-state index in [0.29, 0.717) is 17.4 Å². The van der Waals surface area contributed by atoms with Crippen molar-refractivity contribution in [3.63, 3.8) is 0 Å². The van der Waals surface area contributed by atoms with E-state index >= 15 is 0 Å². The molecule has 1 aromatic carbocycles. The van der Waals surface area contributed by atoms with Gasteiger partial charge in [-0.25, -0.2) is 4.98 Å². The molecule has 0 saturated carbocycles. The minimum atomic E-state index is -0.367. The van der Waals surface area contributed by atoms with Crippen molar-refractivity contribution in [3.8, 4) is 0 Å². The zero-order valence-corrected chi connectivity index (χ0v) is 12.5. The molecule has 0 radical (unpaired) electrons. The van der Waals surface area contributed by atoms with Crippen molar-refractivity contribution in [2.75, 3.05) is 6.61 Å². The number of carbonyl (C=O) groups excluding carboxylic acids is 1. The van der Waals surface area contributed by atoms with Crippen LogP contribution in [0.25, 0.3) is 22.1 Å². The quantitative estimate of drug-likeness (QED) is 0.589. The zero-order chi connectivity index (χ0) is 14.8. The van der Waals surface area contributed by atoms with E-state index < -0.39 is 0 Å². The highest BCUT2D eigenvalue weighted by Gasteiger charge is 2.18. The van der Waals surface area contributed by atoms with Crippen LogP contribution in [0.2, 0.25) is 0 Å². The van der Waals surface area contributed by atoms with Gasteiger partial charge in [0.25, 0.3) is 0 Å². The number of aromatic nitrogens is 4. The Bertz CT molecular complexity index is 802. The topological polar surface area (TPSA) is 80.8 Å². The van der Waals surface area contributed by atoms with E-state index in [2.05, 4.69) is 20.2 Å². The Labute approximate surface area is 125 Å². The number of H-pyrrole nitrogens is 1. The number of benzene rings is 1. The highest BCUT2D eigenvalue weighted by atomic mass is 32.2. The number of rotatable bonds is 4. The molecule has 2 aromatic heterocycles. The molecule has 0 spiro atoms. The SMILES string of the molecule is CCOC(=O)[C@@H](C)Sc1nnc2c(n1)[nH]c1ccccc12. The average Bonchev–Trinajstić information content (AvgIpc) is 2.85. The molecule has 108 valence electrons. The molecule has 3 aromatic rings. The second-order valence-electron chi connectivity index (χ2n) is 4.47. The van der Waals surface area contributed by atoms with Crippen LogP contribution < -0.4 is 0 Å². The molecule has 7 heteroatoms. The summed E-state index contributed by atoms with van der Waals surface area (Å²) in [5.41, 5.74) is 2.37. The molecule has 6 nitrogen and oxygen atoms in total. The van der Waals surface area contributed by atoms with Gasteiger partial charge in [0.1, 0.15) is 10.8 Å². The van der Waals surface area contributed by atoms with Gasteiger partial charge in [0.15, 0.2) is 5.65 Å². The smallest absolute Gasteiger partial charge is 0.319 e. The molecule has 2 heterocycles. The van der Waals surface area contributed by atoms with Crippen LogP contribution in [0, 0.1) is 0 Å². The number of aromatic amines is 1. The van der Waals surface area contributed by atoms with Gasteiger partial charge in [-0.15, -0.1) is 10.2 Å². The lowest BCUT2D eigenvalue weighted by atomic mass is 10.2. The number of carbonyl (C=O) groups is 1. The highest BCUT2D eigenvalue weighted by Crippen LogP contribution is 2.25. The number of nitrogens with one attached hydrogen (secondary N) is 1. The monoisotopic (exact) mass is 302 g/mol. The summed E-state index contributed by atoms with van der Waals surface area (Å²) >= 11 is 1.24. The fourth-order valence-corrected chi connectivity index (χ4v) is 2.73. The van der Waals surface area contributed by atoms with Gasteiger partial charge < -0.3 is 9.72 Å². The first-order valence-electron chi connectivity index (χ1n) is 6.63. The Morgan fingerprint density at radius 1 is 1.38 bits per heavy atom. The minimum Gasteiger partial charge on any atom is -0.465 e. The second-order valence-corrected chi connectivity index (χ2v) is 5.78. The summed E-state index contributed by atoms with van der Waals surface area (Å²) < 4.78 is 4.97. The maximum atomic E-state index is 11.6. The lowest BCUT2D eigenvalue weighted by Gasteiger charge is -2.08. The van der Waals surface area contributed by atoms with Gasteiger partial charge in [0.2, 0.25) is 5.16 Å². The van der Waals surface area contributed by atoms with E-state index in [1.807, 2.05) is 24.3 Å². The fraction of sp³-hybridized carbons (Fsp3) is 0.286. The molecular formula is C14H14N4O2S. The molecule has 3 rings (SSSR count). The summed E-state index contributed by atoms with van der Waals surface area (Å²) in [7, 11) is 0. The van der Waals surface area contributed by atoms with E-state index in [1.165, 1.54) is 11.8 Å². The maximum Gasteiger partial charge on any atom is 0.319 e. The molecule has 0 bridgehead atoms. The summed E-state index contributed by atoms with van der Waals surface area (Å²) in [4.78, 5) is 19.2. The van der Waals surface area contributed by atoms with Gasteiger partial charge in [-0.1, -0.05) is 30.0 Å². The molecule has 0 aliphatic heterocycles. The van der Waals surface area contributed by atoms with Crippen molar-refractivity contribution in [3.05, 3.63) is 24.3 Å². The van der Waals surface area contributed by atoms with Crippen LogP contribution in [0.4, 0.5) is 0 Å².